The van der Waals surface area contributed by atoms with E-state index in [9.17, 15) is 0 Å². The SMILES string of the molecule is Clc1ccc(C2CC(Nc3c(Cl)cc(Br)cc3Cl)C2)cc1. The van der Waals surface area contributed by atoms with Gasteiger partial charge in [0.1, 0.15) is 0 Å². The van der Waals surface area contributed by atoms with E-state index in [4.69, 9.17) is 34.8 Å². The van der Waals surface area contributed by atoms with Crippen LogP contribution >= 0.6 is 50.7 Å². The Labute approximate surface area is 147 Å². The van der Waals surface area contributed by atoms with E-state index in [1.807, 2.05) is 24.3 Å². The largest absolute Gasteiger partial charge is 0.380 e. The van der Waals surface area contributed by atoms with Crippen LogP contribution in [0.4, 0.5) is 5.69 Å². The first-order chi connectivity index (χ1) is 10.0. The summed E-state index contributed by atoms with van der Waals surface area (Å²) >= 11 is 21.8. The van der Waals surface area contributed by atoms with Crippen LogP contribution in [0.25, 0.3) is 0 Å². The van der Waals surface area contributed by atoms with Gasteiger partial charge in [-0.25, -0.2) is 0 Å². The summed E-state index contributed by atoms with van der Waals surface area (Å²) in [7, 11) is 0. The molecule has 1 aliphatic carbocycles. The predicted octanol–water partition coefficient (Wildman–Crippen LogP) is 6.77. The number of nitrogens with one attached hydrogen (secondary N) is 1. The zero-order valence-corrected chi connectivity index (χ0v) is 14.9. The highest BCUT2D eigenvalue weighted by molar-refractivity contribution is 9.10. The van der Waals surface area contributed by atoms with Crippen LogP contribution in [0.15, 0.2) is 40.9 Å². The molecule has 0 atom stereocenters. The van der Waals surface area contributed by atoms with E-state index in [2.05, 4.69) is 33.4 Å². The molecule has 0 amide bonds. The molecule has 0 spiro atoms. The van der Waals surface area contributed by atoms with Crippen LogP contribution in [0, 0.1) is 0 Å². The van der Waals surface area contributed by atoms with Crippen LogP contribution in [-0.4, -0.2) is 6.04 Å². The molecule has 1 N–H and O–H groups in total. The van der Waals surface area contributed by atoms with E-state index in [1.54, 1.807) is 0 Å². The first-order valence-corrected chi connectivity index (χ1v) is 8.62. The van der Waals surface area contributed by atoms with Crippen molar-refractivity contribution in [3.8, 4) is 0 Å². The minimum Gasteiger partial charge on any atom is -0.380 e. The molecule has 0 saturated heterocycles. The number of hydrogen-bond acceptors (Lipinski definition) is 1. The lowest BCUT2D eigenvalue weighted by atomic mass is 9.76. The maximum Gasteiger partial charge on any atom is 0.0721 e. The fraction of sp³-hybridized carbons (Fsp3) is 0.250. The molecule has 21 heavy (non-hydrogen) atoms. The molecule has 0 heterocycles. The van der Waals surface area contributed by atoms with E-state index >= 15 is 0 Å². The lowest BCUT2D eigenvalue weighted by molar-refractivity contribution is 0.374. The van der Waals surface area contributed by atoms with Gasteiger partial charge in [-0.1, -0.05) is 62.9 Å². The predicted molar refractivity (Wildman–Crippen MR) is 95.0 cm³/mol. The maximum atomic E-state index is 6.24. The van der Waals surface area contributed by atoms with Gasteiger partial charge in [-0.05, 0) is 48.6 Å². The molecular weight excluding hydrogens is 392 g/mol. The molecule has 1 aliphatic rings. The number of hydrogen-bond donors (Lipinski definition) is 1. The number of anilines is 1. The highest BCUT2D eigenvalue weighted by Gasteiger charge is 2.31. The number of halogens is 4. The standard InChI is InChI=1S/C16H13BrCl3N/c17-11-7-14(19)16(15(20)8-11)21-13-5-10(6-13)9-1-3-12(18)4-2-9/h1-4,7-8,10,13,21H,5-6H2. The number of benzene rings is 2. The summed E-state index contributed by atoms with van der Waals surface area (Å²) in [6.45, 7) is 0. The fourth-order valence-electron chi connectivity index (χ4n) is 2.63. The van der Waals surface area contributed by atoms with Gasteiger partial charge < -0.3 is 5.32 Å². The molecule has 0 aromatic heterocycles. The third kappa shape index (κ3) is 3.50. The second kappa shape index (κ2) is 6.37. The summed E-state index contributed by atoms with van der Waals surface area (Å²) < 4.78 is 0.885. The summed E-state index contributed by atoms with van der Waals surface area (Å²) in [4.78, 5) is 0. The van der Waals surface area contributed by atoms with Crippen molar-refractivity contribution in [2.75, 3.05) is 5.32 Å². The minimum absolute atomic E-state index is 0.404. The van der Waals surface area contributed by atoms with Crippen LogP contribution in [0.5, 0.6) is 0 Å². The van der Waals surface area contributed by atoms with E-state index in [-0.39, 0.29) is 0 Å². The monoisotopic (exact) mass is 403 g/mol. The Kier molecular flexibility index (Phi) is 4.70. The Bertz CT molecular complexity index is 628. The van der Waals surface area contributed by atoms with Gasteiger partial charge in [0.15, 0.2) is 0 Å². The molecule has 0 unspecified atom stereocenters. The molecule has 1 fully saturated rings. The molecule has 2 aromatic carbocycles. The Balaban J connectivity index is 1.64. The Hall–Kier alpha value is -0.410. The van der Waals surface area contributed by atoms with Crippen molar-refractivity contribution >= 4 is 56.4 Å². The van der Waals surface area contributed by atoms with Gasteiger partial charge in [0.05, 0.1) is 15.7 Å². The molecule has 2 aromatic rings. The van der Waals surface area contributed by atoms with Crippen LogP contribution in [0.1, 0.15) is 24.3 Å². The van der Waals surface area contributed by atoms with Gasteiger partial charge in [0.2, 0.25) is 0 Å². The molecule has 0 aliphatic heterocycles. The first-order valence-electron chi connectivity index (χ1n) is 6.69. The summed E-state index contributed by atoms with van der Waals surface area (Å²) in [6, 6.07) is 12.2. The first kappa shape index (κ1) is 15.5. The molecule has 1 nitrogen and oxygen atoms in total. The molecule has 0 radical (unpaired) electrons. The lowest BCUT2D eigenvalue weighted by Crippen LogP contribution is -2.34. The van der Waals surface area contributed by atoms with Crippen molar-refractivity contribution in [2.24, 2.45) is 0 Å². The Morgan fingerprint density at radius 2 is 1.52 bits per heavy atom. The molecule has 0 bridgehead atoms. The van der Waals surface area contributed by atoms with Crippen LogP contribution in [0.2, 0.25) is 15.1 Å². The summed E-state index contributed by atoms with van der Waals surface area (Å²) in [5.74, 6) is 0.577. The van der Waals surface area contributed by atoms with Gasteiger partial charge in [0.25, 0.3) is 0 Å². The maximum absolute atomic E-state index is 6.24. The normalized spacial score (nSPS) is 21.0. The van der Waals surface area contributed by atoms with Crippen LogP contribution in [0.3, 0.4) is 0 Å². The van der Waals surface area contributed by atoms with Gasteiger partial charge in [0, 0.05) is 15.5 Å². The van der Waals surface area contributed by atoms with Gasteiger partial charge in [-0.2, -0.15) is 0 Å². The van der Waals surface area contributed by atoms with Crippen molar-refractivity contribution in [1.82, 2.24) is 0 Å². The summed E-state index contributed by atoms with van der Waals surface area (Å²) in [6.07, 6.45) is 2.15. The summed E-state index contributed by atoms with van der Waals surface area (Å²) in [5, 5.41) is 5.51. The van der Waals surface area contributed by atoms with Crippen molar-refractivity contribution in [2.45, 2.75) is 24.8 Å². The second-order valence-corrected chi connectivity index (χ2v) is 7.47. The van der Waals surface area contributed by atoms with Crippen molar-refractivity contribution < 1.29 is 0 Å². The average Bonchev–Trinajstić information content (AvgIpc) is 2.37. The highest BCUT2D eigenvalue weighted by atomic mass is 79.9. The Morgan fingerprint density at radius 1 is 0.952 bits per heavy atom. The molecule has 1 saturated carbocycles. The molecule has 110 valence electrons. The smallest absolute Gasteiger partial charge is 0.0721 e. The minimum atomic E-state index is 0.404. The van der Waals surface area contributed by atoms with Gasteiger partial charge in [-0.3, -0.25) is 0 Å². The quantitative estimate of drug-likeness (QED) is 0.594. The average molecular weight is 406 g/mol. The second-order valence-electron chi connectivity index (χ2n) is 5.31. The van der Waals surface area contributed by atoms with E-state index in [0.717, 1.165) is 28.0 Å². The summed E-state index contributed by atoms with van der Waals surface area (Å²) in [5.41, 5.74) is 2.16. The Morgan fingerprint density at radius 3 is 2.10 bits per heavy atom. The molecular formula is C16H13BrCl3N. The highest BCUT2D eigenvalue weighted by Crippen LogP contribution is 2.41. The van der Waals surface area contributed by atoms with Crippen molar-refractivity contribution in [3.63, 3.8) is 0 Å². The third-order valence-corrected chi connectivity index (χ3v) is 5.14. The zero-order valence-electron chi connectivity index (χ0n) is 11.0. The van der Waals surface area contributed by atoms with E-state index in [0.29, 0.717) is 22.0 Å². The molecule has 3 rings (SSSR count). The fourth-order valence-corrected chi connectivity index (χ4v) is 4.07. The van der Waals surface area contributed by atoms with E-state index in [1.165, 1.54) is 5.56 Å². The topological polar surface area (TPSA) is 12.0 Å². The van der Waals surface area contributed by atoms with Crippen molar-refractivity contribution in [1.29, 1.82) is 0 Å². The lowest BCUT2D eigenvalue weighted by Gasteiger charge is -2.37. The van der Waals surface area contributed by atoms with E-state index < -0.39 is 0 Å². The van der Waals surface area contributed by atoms with Gasteiger partial charge in [-0.15, -0.1) is 0 Å². The third-order valence-electron chi connectivity index (χ3n) is 3.83. The van der Waals surface area contributed by atoms with Crippen LogP contribution in [-0.2, 0) is 0 Å². The molecule has 5 heteroatoms. The van der Waals surface area contributed by atoms with Crippen LogP contribution < -0.4 is 5.32 Å². The zero-order chi connectivity index (χ0) is 15.0. The van der Waals surface area contributed by atoms with Crippen molar-refractivity contribution in [3.05, 3.63) is 61.5 Å². The number of rotatable bonds is 3. The van der Waals surface area contributed by atoms with Gasteiger partial charge >= 0.3 is 0 Å².